The van der Waals surface area contributed by atoms with Crippen LogP contribution in [0.5, 0.6) is 5.75 Å². The minimum absolute atomic E-state index is 0.124. The highest BCUT2D eigenvalue weighted by Crippen LogP contribution is 2.72. The zero-order chi connectivity index (χ0) is 32.1. The SMILES string of the molecule is COc1ccc(C2O[C@H]3C[C@H]4OC[C@@]4(C)[C@H]4[C@H](OC(=O)c5ccccc5)[C@]5(C(C)(C)O)C[C@H](O)C(C)=C5[C@H](C)[C@H](O2)[C@]34C)cc1. The molecular weight excluding hydrogens is 572 g/mol. The average molecular weight is 619 g/mol. The third-order valence-corrected chi connectivity index (χ3v) is 12.3. The molecule has 0 bridgehead atoms. The van der Waals surface area contributed by atoms with E-state index in [1.807, 2.05) is 49.4 Å². The van der Waals surface area contributed by atoms with Gasteiger partial charge < -0.3 is 33.9 Å². The number of esters is 1. The largest absolute Gasteiger partial charge is 0.497 e. The molecule has 8 heteroatoms. The van der Waals surface area contributed by atoms with E-state index in [4.69, 9.17) is 23.7 Å². The number of hydrogen-bond donors (Lipinski definition) is 2. The van der Waals surface area contributed by atoms with E-state index in [-0.39, 0.29) is 42.0 Å². The van der Waals surface area contributed by atoms with E-state index >= 15 is 0 Å². The van der Waals surface area contributed by atoms with Gasteiger partial charge in [-0.1, -0.05) is 56.7 Å². The van der Waals surface area contributed by atoms with Crippen LogP contribution in [0.2, 0.25) is 0 Å². The minimum Gasteiger partial charge on any atom is -0.497 e. The highest BCUT2D eigenvalue weighted by molar-refractivity contribution is 5.89. The van der Waals surface area contributed by atoms with Gasteiger partial charge >= 0.3 is 5.97 Å². The highest BCUT2D eigenvalue weighted by Gasteiger charge is 2.77. The van der Waals surface area contributed by atoms with Gasteiger partial charge in [0.05, 0.1) is 54.7 Å². The second-order valence-electron chi connectivity index (χ2n) is 15.0. The van der Waals surface area contributed by atoms with E-state index in [0.717, 1.165) is 22.5 Å². The summed E-state index contributed by atoms with van der Waals surface area (Å²) in [5.74, 6) is -0.248. The lowest BCUT2D eigenvalue weighted by Crippen LogP contribution is -2.74. The Hall–Kier alpha value is -2.75. The molecule has 2 saturated carbocycles. The van der Waals surface area contributed by atoms with E-state index in [9.17, 15) is 15.0 Å². The van der Waals surface area contributed by atoms with Gasteiger partial charge in [-0.15, -0.1) is 0 Å². The quantitative estimate of drug-likeness (QED) is 0.329. The van der Waals surface area contributed by atoms with Gasteiger partial charge in [-0.25, -0.2) is 4.79 Å². The predicted octanol–water partition coefficient (Wildman–Crippen LogP) is 5.62. The fourth-order valence-corrected chi connectivity index (χ4v) is 10.1. The number of carbonyl (C=O) groups is 1. The Morgan fingerprint density at radius 3 is 2.31 bits per heavy atom. The summed E-state index contributed by atoms with van der Waals surface area (Å²) < 4.78 is 32.4. The zero-order valence-corrected chi connectivity index (χ0v) is 27.3. The highest BCUT2D eigenvalue weighted by atomic mass is 16.7. The van der Waals surface area contributed by atoms with E-state index < -0.39 is 40.9 Å². The first-order chi connectivity index (χ1) is 21.3. The van der Waals surface area contributed by atoms with Crippen molar-refractivity contribution in [2.75, 3.05) is 13.7 Å². The lowest BCUT2D eigenvalue weighted by Gasteiger charge is -2.68. The van der Waals surface area contributed by atoms with Crippen molar-refractivity contribution in [3.05, 3.63) is 76.9 Å². The molecule has 2 aromatic rings. The third kappa shape index (κ3) is 4.18. The van der Waals surface area contributed by atoms with Crippen molar-refractivity contribution in [1.82, 2.24) is 0 Å². The van der Waals surface area contributed by atoms with E-state index in [1.54, 1.807) is 33.1 Å². The lowest BCUT2D eigenvalue weighted by molar-refractivity contribution is -0.385. The molecule has 2 saturated heterocycles. The summed E-state index contributed by atoms with van der Waals surface area (Å²) in [7, 11) is 1.64. The number of ether oxygens (including phenoxy) is 5. The van der Waals surface area contributed by atoms with Gasteiger partial charge in [0.15, 0.2) is 6.29 Å². The van der Waals surface area contributed by atoms with Crippen LogP contribution < -0.4 is 4.74 Å². The fourth-order valence-electron chi connectivity index (χ4n) is 10.1. The summed E-state index contributed by atoms with van der Waals surface area (Å²) in [5.41, 5.74) is -0.407. The summed E-state index contributed by atoms with van der Waals surface area (Å²) in [6.07, 6.45) is -2.09. The molecule has 7 rings (SSSR count). The molecule has 5 aliphatic rings. The maximum absolute atomic E-state index is 14.1. The van der Waals surface area contributed by atoms with Crippen molar-refractivity contribution in [3.63, 3.8) is 0 Å². The first-order valence-corrected chi connectivity index (χ1v) is 16.2. The smallest absolute Gasteiger partial charge is 0.338 e. The van der Waals surface area contributed by atoms with Crippen molar-refractivity contribution in [2.45, 2.75) is 96.8 Å². The van der Waals surface area contributed by atoms with Crippen LogP contribution in [-0.2, 0) is 18.9 Å². The van der Waals surface area contributed by atoms with Gasteiger partial charge in [-0.05, 0) is 57.0 Å². The number of carbonyl (C=O) groups excluding carboxylic acids is 1. The molecule has 4 fully saturated rings. The summed E-state index contributed by atoms with van der Waals surface area (Å²) in [4.78, 5) is 14.1. The number of fused-ring (bicyclic) bond motifs is 3. The third-order valence-electron chi connectivity index (χ3n) is 12.3. The van der Waals surface area contributed by atoms with Gasteiger partial charge in [0.2, 0.25) is 0 Å². The van der Waals surface area contributed by atoms with Crippen molar-refractivity contribution >= 4 is 5.97 Å². The molecule has 0 aromatic heterocycles. The van der Waals surface area contributed by atoms with Gasteiger partial charge in [0.1, 0.15) is 11.9 Å². The Balaban J connectivity index is 1.45. The molecule has 0 amide bonds. The van der Waals surface area contributed by atoms with Crippen molar-refractivity contribution < 1.29 is 38.7 Å². The molecule has 2 N–H and O–H groups in total. The van der Waals surface area contributed by atoms with Gasteiger partial charge in [-0.2, -0.15) is 0 Å². The Morgan fingerprint density at radius 2 is 1.71 bits per heavy atom. The molecule has 2 heterocycles. The molecule has 11 atom stereocenters. The summed E-state index contributed by atoms with van der Waals surface area (Å²) >= 11 is 0. The second kappa shape index (κ2) is 10.4. The molecule has 242 valence electrons. The van der Waals surface area contributed by atoms with Crippen molar-refractivity contribution in [2.24, 2.45) is 28.1 Å². The maximum Gasteiger partial charge on any atom is 0.338 e. The number of aliphatic hydroxyl groups excluding tert-OH is 1. The molecule has 45 heavy (non-hydrogen) atoms. The van der Waals surface area contributed by atoms with Crippen molar-refractivity contribution in [3.8, 4) is 5.75 Å². The topological polar surface area (TPSA) is 104 Å². The molecule has 0 spiro atoms. The predicted molar refractivity (Wildman–Crippen MR) is 166 cm³/mol. The van der Waals surface area contributed by atoms with Crippen LogP contribution in [0.15, 0.2) is 65.7 Å². The fraction of sp³-hybridized carbons (Fsp3) is 0.595. The number of hydrogen-bond acceptors (Lipinski definition) is 8. The minimum atomic E-state index is -1.36. The first kappa shape index (κ1) is 30.9. The van der Waals surface area contributed by atoms with Crippen LogP contribution in [0.1, 0.15) is 76.6 Å². The molecule has 2 aromatic carbocycles. The molecule has 0 radical (unpaired) electrons. The van der Waals surface area contributed by atoms with Gasteiger partial charge in [0, 0.05) is 34.7 Å². The number of aliphatic hydroxyl groups is 2. The number of benzene rings is 2. The lowest BCUT2D eigenvalue weighted by atomic mass is 9.46. The summed E-state index contributed by atoms with van der Waals surface area (Å²) in [6.45, 7) is 12.6. The molecule has 1 unspecified atom stereocenters. The van der Waals surface area contributed by atoms with Gasteiger partial charge in [0.25, 0.3) is 0 Å². The first-order valence-electron chi connectivity index (χ1n) is 16.2. The van der Waals surface area contributed by atoms with Crippen LogP contribution in [-0.4, -0.2) is 66.0 Å². The van der Waals surface area contributed by atoms with Crippen LogP contribution in [0.4, 0.5) is 0 Å². The van der Waals surface area contributed by atoms with Crippen molar-refractivity contribution in [1.29, 1.82) is 0 Å². The van der Waals surface area contributed by atoms with Crippen LogP contribution in [0.3, 0.4) is 0 Å². The number of rotatable bonds is 5. The molecule has 8 nitrogen and oxygen atoms in total. The Kier molecular flexibility index (Phi) is 7.12. The normalized spacial score (nSPS) is 42.1. The molecular formula is C37H46O8. The monoisotopic (exact) mass is 618 g/mol. The number of methoxy groups -OCH3 is 1. The Bertz CT molecular complexity index is 1500. The van der Waals surface area contributed by atoms with Crippen LogP contribution >= 0.6 is 0 Å². The Morgan fingerprint density at radius 1 is 1.02 bits per heavy atom. The average Bonchev–Trinajstić information content (AvgIpc) is 3.26. The summed E-state index contributed by atoms with van der Waals surface area (Å²) in [6, 6.07) is 16.7. The second-order valence-corrected chi connectivity index (χ2v) is 15.0. The Labute approximate surface area is 265 Å². The zero-order valence-electron chi connectivity index (χ0n) is 27.3. The van der Waals surface area contributed by atoms with E-state index in [0.29, 0.717) is 18.6 Å². The van der Waals surface area contributed by atoms with Crippen LogP contribution in [0, 0.1) is 28.1 Å². The molecule has 2 aliphatic heterocycles. The van der Waals surface area contributed by atoms with E-state index in [1.165, 1.54) is 0 Å². The summed E-state index contributed by atoms with van der Waals surface area (Å²) in [5, 5.41) is 23.9. The van der Waals surface area contributed by atoms with Crippen LogP contribution in [0.25, 0.3) is 0 Å². The van der Waals surface area contributed by atoms with E-state index in [2.05, 4.69) is 20.8 Å². The van der Waals surface area contributed by atoms with Gasteiger partial charge in [-0.3, -0.25) is 0 Å². The standard InChI is InChI=1S/C37H46O8/c1-20-25(38)18-37(34(3,4)40)28(20)21(2)30-36(6)27(43-33(45-30)23-13-15-24(41-7)16-14-23)17-26-35(5,19-42-26)29(36)31(37)44-32(39)22-11-9-8-10-12-22/h8-16,21,25-27,29-31,33,38,40H,17-19H2,1-7H3/t21-,25-,26+,27-,29+,30-,31-,33?,35+,36+,37-/m0/s1. The maximum atomic E-state index is 14.1. The molecule has 3 aliphatic carbocycles.